The van der Waals surface area contributed by atoms with Gasteiger partial charge in [-0.25, -0.2) is 9.37 Å². The van der Waals surface area contributed by atoms with Gasteiger partial charge in [-0.15, -0.1) is 5.10 Å². The van der Waals surface area contributed by atoms with E-state index < -0.39 is 0 Å². The molecule has 0 fully saturated rings. The van der Waals surface area contributed by atoms with Gasteiger partial charge in [-0.05, 0) is 31.5 Å². The highest BCUT2D eigenvalue weighted by Crippen LogP contribution is 2.13. The van der Waals surface area contributed by atoms with Crippen molar-refractivity contribution in [3.63, 3.8) is 0 Å². The first-order chi connectivity index (χ1) is 8.56. The van der Waals surface area contributed by atoms with Crippen LogP contribution in [0.3, 0.4) is 0 Å². The van der Waals surface area contributed by atoms with E-state index in [0.717, 1.165) is 5.56 Å². The SMILES string of the molecule is Cc1nc(C(=O)NC(C)c2ccc(F)cc2)n[nH]1. The first-order valence-electron chi connectivity index (χ1n) is 5.51. The maximum Gasteiger partial charge on any atom is 0.291 e. The zero-order valence-electron chi connectivity index (χ0n) is 10.1. The van der Waals surface area contributed by atoms with Crippen molar-refractivity contribution in [2.75, 3.05) is 0 Å². The van der Waals surface area contributed by atoms with E-state index >= 15 is 0 Å². The molecule has 6 heteroatoms. The summed E-state index contributed by atoms with van der Waals surface area (Å²) in [7, 11) is 0. The van der Waals surface area contributed by atoms with Crippen molar-refractivity contribution >= 4 is 5.91 Å². The van der Waals surface area contributed by atoms with Crippen LogP contribution < -0.4 is 5.32 Å². The number of halogens is 1. The summed E-state index contributed by atoms with van der Waals surface area (Å²) in [6.45, 7) is 3.53. The highest BCUT2D eigenvalue weighted by Gasteiger charge is 2.14. The topological polar surface area (TPSA) is 70.7 Å². The summed E-state index contributed by atoms with van der Waals surface area (Å²) in [5.74, 6) is 0.00842. The Kier molecular flexibility index (Phi) is 3.36. The van der Waals surface area contributed by atoms with Crippen LogP contribution in [0.15, 0.2) is 24.3 Å². The molecule has 1 heterocycles. The molecule has 0 saturated heterocycles. The van der Waals surface area contributed by atoms with Gasteiger partial charge in [0.15, 0.2) is 0 Å². The summed E-state index contributed by atoms with van der Waals surface area (Å²) in [5.41, 5.74) is 0.817. The number of H-pyrrole nitrogens is 1. The van der Waals surface area contributed by atoms with Crippen LogP contribution in [0.25, 0.3) is 0 Å². The van der Waals surface area contributed by atoms with Gasteiger partial charge in [0.05, 0.1) is 6.04 Å². The highest BCUT2D eigenvalue weighted by atomic mass is 19.1. The Hall–Kier alpha value is -2.24. The predicted octanol–water partition coefficient (Wildman–Crippen LogP) is 1.74. The number of carbonyl (C=O) groups excluding carboxylic acids is 1. The Labute approximate surface area is 103 Å². The lowest BCUT2D eigenvalue weighted by molar-refractivity contribution is 0.0929. The monoisotopic (exact) mass is 248 g/mol. The molecule has 0 bridgehead atoms. The lowest BCUT2D eigenvalue weighted by Gasteiger charge is -2.12. The van der Waals surface area contributed by atoms with Gasteiger partial charge in [0.25, 0.3) is 5.91 Å². The summed E-state index contributed by atoms with van der Waals surface area (Å²) < 4.78 is 12.8. The highest BCUT2D eigenvalue weighted by molar-refractivity contribution is 5.90. The molecule has 5 nitrogen and oxygen atoms in total. The number of aromatic amines is 1. The van der Waals surface area contributed by atoms with Gasteiger partial charge in [-0.3, -0.25) is 9.89 Å². The number of nitrogens with zero attached hydrogens (tertiary/aromatic N) is 2. The number of hydrogen-bond acceptors (Lipinski definition) is 3. The molecule has 18 heavy (non-hydrogen) atoms. The van der Waals surface area contributed by atoms with Gasteiger partial charge in [0, 0.05) is 0 Å². The summed E-state index contributed by atoms with van der Waals surface area (Å²) >= 11 is 0. The number of amides is 1. The average Bonchev–Trinajstić information content (AvgIpc) is 2.76. The number of carbonyl (C=O) groups is 1. The number of aromatic nitrogens is 3. The fourth-order valence-electron chi connectivity index (χ4n) is 1.54. The quantitative estimate of drug-likeness (QED) is 0.869. The molecule has 1 unspecified atom stereocenters. The smallest absolute Gasteiger partial charge is 0.291 e. The maximum atomic E-state index is 12.8. The molecule has 1 aromatic heterocycles. The Morgan fingerprint density at radius 2 is 2.06 bits per heavy atom. The van der Waals surface area contributed by atoms with Gasteiger partial charge in [-0.2, -0.15) is 0 Å². The standard InChI is InChI=1S/C12H13FN4O/c1-7(9-3-5-10(13)6-4-9)14-12(18)11-15-8(2)16-17-11/h3-7H,1-2H3,(H,14,18)(H,15,16,17). The van der Waals surface area contributed by atoms with Crippen molar-refractivity contribution in [3.8, 4) is 0 Å². The first-order valence-corrected chi connectivity index (χ1v) is 5.51. The van der Waals surface area contributed by atoms with Crippen LogP contribution in [0.2, 0.25) is 0 Å². The average molecular weight is 248 g/mol. The van der Waals surface area contributed by atoms with Crippen LogP contribution in [0.5, 0.6) is 0 Å². The molecular weight excluding hydrogens is 235 g/mol. The number of hydrogen-bond donors (Lipinski definition) is 2. The number of benzene rings is 1. The fraction of sp³-hybridized carbons (Fsp3) is 0.250. The maximum absolute atomic E-state index is 12.8. The molecule has 0 spiro atoms. The van der Waals surface area contributed by atoms with Crippen molar-refractivity contribution in [2.24, 2.45) is 0 Å². The fourth-order valence-corrected chi connectivity index (χ4v) is 1.54. The third kappa shape index (κ3) is 2.71. The van der Waals surface area contributed by atoms with Crippen LogP contribution in [0.1, 0.15) is 35.0 Å². The second-order valence-corrected chi connectivity index (χ2v) is 3.99. The van der Waals surface area contributed by atoms with E-state index in [-0.39, 0.29) is 23.6 Å². The van der Waals surface area contributed by atoms with Crippen LogP contribution in [0, 0.1) is 12.7 Å². The van der Waals surface area contributed by atoms with E-state index in [4.69, 9.17) is 0 Å². The van der Waals surface area contributed by atoms with Gasteiger partial charge in [0.1, 0.15) is 11.6 Å². The van der Waals surface area contributed by atoms with Crippen molar-refractivity contribution in [1.82, 2.24) is 20.5 Å². The second-order valence-electron chi connectivity index (χ2n) is 3.99. The van der Waals surface area contributed by atoms with E-state index in [0.29, 0.717) is 5.82 Å². The van der Waals surface area contributed by atoms with Crippen LogP contribution >= 0.6 is 0 Å². The largest absolute Gasteiger partial charge is 0.343 e. The van der Waals surface area contributed by atoms with Crippen molar-refractivity contribution in [1.29, 1.82) is 0 Å². The van der Waals surface area contributed by atoms with Crippen molar-refractivity contribution in [3.05, 3.63) is 47.3 Å². The molecule has 0 radical (unpaired) electrons. The lowest BCUT2D eigenvalue weighted by atomic mass is 10.1. The molecular formula is C12H13FN4O. The summed E-state index contributed by atoms with van der Waals surface area (Å²) in [6.07, 6.45) is 0. The van der Waals surface area contributed by atoms with E-state index in [1.807, 2.05) is 6.92 Å². The Balaban J connectivity index is 2.05. The summed E-state index contributed by atoms with van der Waals surface area (Å²) in [6, 6.07) is 5.73. The molecule has 1 amide bonds. The molecule has 0 aliphatic heterocycles. The molecule has 0 aliphatic rings. The number of nitrogens with one attached hydrogen (secondary N) is 2. The Bertz CT molecular complexity index is 549. The van der Waals surface area contributed by atoms with Crippen LogP contribution in [-0.4, -0.2) is 21.1 Å². The minimum Gasteiger partial charge on any atom is -0.343 e. The van der Waals surface area contributed by atoms with E-state index in [1.54, 1.807) is 19.1 Å². The van der Waals surface area contributed by atoms with Gasteiger partial charge in [0.2, 0.25) is 5.82 Å². The Morgan fingerprint density at radius 3 is 2.61 bits per heavy atom. The summed E-state index contributed by atoms with van der Waals surface area (Å²) in [5, 5.41) is 9.11. The minimum absolute atomic E-state index is 0.0986. The van der Waals surface area contributed by atoms with Gasteiger partial charge >= 0.3 is 0 Å². The normalized spacial score (nSPS) is 12.2. The van der Waals surface area contributed by atoms with Crippen LogP contribution in [-0.2, 0) is 0 Å². The molecule has 2 rings (SSSR count). The summed E-state index contributed by atoms with van der Waals surface area (Å²) in [4.78, 5) is 15.7. The molecule has 0 saturated carbocycles. The van der Waals surface area contributed by atoms with Crippen molar-refractivity contribution in [2.45, 2.75) is 19.9 Å². The third-order valence-electron chi connectivity index (χ3n) is 2.52. The second kappa shape index (κ2) is 4.95. The lowest BCUT2D eigenvalue weighted by Crippen LogP contribution is -2.27. The van der Waals surface area contributed by atoms with Gasteiger partial charge in [-0.1, -0.05) is 12.1 Å². The predicted molar refractivity (Wildman–Crippen MR) is 63.4 cm³/mol. The van der Waals surface area contributed by atoms with Gasteiger partial charge < -0.3 is 5.32 Å². The molecule has 1 aromatic carbocycles. The van der Waals surface area contributed by atoms with E-state index in [2.05, 4.69) is 20.5 Å². The van der Waals surface area contributed by atoms with Crippen LogP contribution in [0.4, 0.5) is 4.39 Å². The first kappa shape index (κ1) is 12.2. The zero-order valence-corrected chi connectivity index (χ0v) is 10.1. The molecule has 94 valence electrons. The zero-order chi connectivity index (χ0) is 13.1. The Morgan fingerprint density at radius 1 is 1.39 bits per heavy atom. The molecule has 2 N–H and O–H groups in total. The van der Waals surface area contributed by atoms with E-state index in [9.17, 15) is 9.18 Å². The van der Waals surface area contributed by atoms with E-state index in [1.165, 1.54) is 12.1 Å². The number of aryl methyl sites for hydroxylation is 1. The number of rotatable bonds is 3. The third-order valence-corrected chi connectivity index (χ3v) is 2.52. The molecule has 1 atom stereocenters. The van der Waals surface area contributed by atoms with Crippen molar-refractivity contribution < 1.29 is 9.18 Å². The molecule has 2 aromatic rings. The molecule has 0 aliphatic carbocycles. The minimum atomic E-state index is -0.365.